The fourth-order valence-electron chi connectivity index (χ4n) is 3.48. The van der Waals surface area contributed by atoms with Gasteiger partial charge in [0.25, 0.3) is 0 Å². The molecule has 156 valence electrons. The van der Waals surface area contributed by atoms with E-state index in [1.165, 1.54) is 7.05 Å². The molecule has 2 heterocycles. The number of fused-ring (bicyclic) bond motifs is 3. The summed E-state index contributed by atoms with van der Waals surface area (Å²) in [6.45, 7) is 6.85. The first-order valence-electron chi connectivity index (χ1n) is 9.41. The highest BCUT2D eigenvalue weighted by Crippen LogP contribution is 2.43. The standard InChI is InChI=1S/C21H26ClN3O4/c1-12(2)8-21(3,23)11-29-18-7-17-15(5-16(18)22)14-6-19(25(4)20(26)27)24-9-13(14)10-28-17/h5-7,9,12H,8,10-11,23H2,1-4H3,(H,26,27)/t21-/m0/s1. The Morgan fingerprint density at radius 2 is 2.14 bits per heavy atom. The SMILES string of the molecule is CC(C)C[C@](C)(N)COc1cc2c(cc1Cl)-c1cc(N(C)C(=O)O)ncc1CO2. The van der Waals surface area contributed by atoms with Crippen molar-refractivity contribution in [3.05, 3.63) is 35.0 Å². The Kier molecular flexibility index (Phi) is 5.91. The molecule has 1 amide bonds. The maximum absolute atomic E-state index is 11.2. The van der Waals surface area contributed by atoms with Gasteiger partial charge in [-0.15, -0.1) is 0 Å². The fourth-order valence-corrected chi connectivity index (χ4v) is 3.70. The van der Waals surface area contributed by atoms with E-state index in [1.807, 2.05) is 6.92 Å². The molecular weight excluding hydrogens is 394 g/mol. The van der Waals surface area contributed by atoms with Crippen LogP contribution in [-0.4, -0.2) is 35.4 Å². The maximum atomic E-state index is 11.2. The number of pyridine rings is 1. The first-order chi connectivity index (χ1) is 13.6. The Bertz CT molecular complexity index is 930. The van der Waals surface area contributed by atoms with E-state index in [0.29, 0.717) is 41.5 Å². The summed E-state index contributed by atoms with van der Waals surface area (Å²) in [4.78, 5) is 16.5. The molecule has 1 atom stereocenters. The van der Waals surface area contributed by atoms with Gasteiger partial charge in [0.15, 0.2) is 0 Å². The van der Waals surface area contributed by atoms with E-state index < -0.39 is 11.6 Å². The van der Waals surface area contributed by atoms with E-state index in [9.17, 15) is 9.90 Å². The van der Waals surface area contributed by atoms with Crippen LogP contribution in [0.4, 0.5) is 10.6 Å². The van der Waals surface area contributed by atoms with Crippen molar-refractivity contribution >= 4 is 23.5 Å². The molecule has 0 fully saturated rings. The molecule has 0 saturated heterocycles. The number of nitrogens with two attached hydrogens (primary N) is 1. The number of carbonyl (C=O) groups is 1. The van der Waals surface area contributed by atoms with Gasteiger partial charge in [-0.1, -0.05) is 25.4 Å². The third-order valence-corrected chi connectivity index (χ3v) is 5.04. The van der Waals surface area contributed by atoms with E-state index in [1.54, 1.807) is 24.4 Å². The minimum absolute atomic E-state index is 0.327. The molecule has 0 unspecified atom stereocenters. The number of ether oxygens (including phenoxy) is 2. The predicted octanol–water partition coefficient (Wildman–Crippen LogP) is 4.55. The molecule has 8 heteroatoms. The van der Waals surface area contributed by atoms with Crippen LogP contribution in [-0.2, 0) is 6.61 Å². The van der Waals surface area contributed by atoms with Gasteiger partial charge >= 0.3 is 6.09 Å². The molecule has 0 bridgehead atoms. The van der Waals surface area contributed by atoms with Crippen LogP contribution in [0.2, 0.25) is 5.02 Å². The Hall–Kier alpha value is -2.51. The maximum Gasteiger partial charge on any atom is 0.412 e. The number of benzene rings is 1. The van der Waals surface area contributed by atoms with Crippen molar-refractivity contribution in [1.29, 1.82) is 0 Å². The summed E-state index contributed by atoms with van der Waals surface area (Å²) in [7, 11) is 1.45. The van der Waals surface area contributed by atoms with Crippen molar-refractivity contribution in [1.82, 2.24) is 4.98 Å². The van der Waals surface area contributed by atoms with E-state index >= 15 is 0 Å². The number of nitrogens with zero attached hydrogens (tertiary/aromatic N) is 2. The zero-order valence-corrected chi connectivity index (χ0v) is 17.8. The van der Waals surface area contributed by atoms with Crippen LogP contribution in [0.25, 0.3) is 11.1 Å². The lowest BCUT2D eigenvalue weighted by Gasteiger charge is -2.28. The Morgan fingerprint density at radius 1 is 1.41 bits per heavy atom. The molecule has 2 aromatic rings. The summed E-state index contributed by atoms with van der Waals surface area (Å²) in [6, 6.07) is 5.25. The molecule has 1 aromatic heterocycles. The number of carboxylic acid groups (broad SMARTS) is 1. The van der Waals surface area contributed by atoms with Crippen LogP contribution >= 0.6 is 11.6 Å². The second-order valence-electron chi connectivity index (χ2n) is 8.15. The van der Waals surface area contributed by atoms with Gasteiger partial charge in [-0.3, -0.25) is 4.90 Å². The highest BCUT2D eigenvalue weighted by Gasteiger charge is 2.25. The Morgan fingerprint density at radius 3 is 2.79 bits per heavy atom. The average molecular weight is 420 g/mol. The van der Waals surface area contributed by atoms with Gasteiger partial charge in [0.05, 0.1) is 5.02 Å². The second-order valence-corrected chi connectivity index (χ2v) is 8.56. The highest BCUT2D eigenvalue weighted by molar-refractivity contribution is 6.32. The number of anilines is 1. The normalized spacial score (nSPS) is 14.4. The summed E-state index contributed by atoms with van der Waals surface area (Å²) < 4.78 is 11.8. The highest BCUT2D eigenvalue weighted by atomic mass is 35.5. The minimum atomic E-state index is -1.09. The molecule has 1 aliphatic heterocycles. The van der Waals surface area contributed by atoms with Crippen LogP contribution in [0.3, 0.4) is 0 Å². The molecule has 7 nitrogen and oxygen atoms in total. The third-order valence-electron chi connectivity index (χ3n) is 4.74. The molecular formula is C21H26ClN3O4. The fraction of sp³-hybridized carbons (Fsp3) is 0.429. The molecule has 3 rings (SSSR count). The Labute approximate surface area is 175 Å². The minimum Gasteiger partial charge on any atom is -0.490 e. The summed E-state index contributed by atoms with van der Waals surface area (Å²) in [5.41, 5.74) is 8.32. The van der Waals surface area contributed by atoms with Crippen LogP contribution < -0.4 is 20.1 Å². The summed E-state index contributed by atoms with van der Waals surface area (Å²) in [5.74, 6) is 1.91. The van der Waals surface area contributed by atoms with Crippen molar-refractivity contribution in [2.24, 2.45) is 11.7 Å². The van der Waals surface area contributed by atoms with Crippen molar-refractivity contribution in [3.63, 3.8) is 0 Å². The summed E-state index contributed by atoms with van der Waals surface area (Å²) >= 11 is 6.47. The van der Waals surface area contributed by atoms with Crippen LogP contribution in [0, 0.1) is 5.92 Å². The topological polar surface area (TPSA) is 97.9 Å². The molecule has 29 heavy (non-hydrogen) atoms. The van der Waals surface area contributed by atoms with Gasteiger partial charge in [0.2, 0.25) is 0 Å². The molecule has 1 aliphatic rings. The molecule has 0 aliphatic carbocycles. The molecule has 0 spiro atoms. The first-order valence-corrected chi connectivity index (χ1v) is 9.79. The first kappa shape index (κ1) is 21.2. The smallest absolute Gasteiger partial charge is 0.412 e. The second kappa shape index (κ2) is 8.08. The molecule has 1 aromatic carbocycles. The number of rotatable bonds is 6. The van der Waals surface area contributed by atoms with Crippen molar-refractivity contribution < 1.29 is 19.4 Å². The van der Waals surface area contributed by atoms with Crippen LogP contribution in [0.1, 0.15) is 32.8 Å². The number of aromatic nitrogens is 1. The van der Waals surface area contributed by atoms with Crippen molar-refractivity contribution in [3.8, 4) is 22.6 Å². The lowest BCUT2D eigenvalue weighted by molar-refractivity contribution is 0.203. The van der Waals surface area contributed by atoms with Gasteiger partial charge in [0, 0.05) is 36.0 Å². The molecule has 0 radical (unpaired) electrons. The largest absolute Gasteiger partial charge is 0.490 e. The quantitative estimate of drug-likeness (QED) is 0.712. The average Bonchev–Trinajstić information content (AvgIpc) is 2.64. The zero-order valence-electron chi connectivity index (χ0n) is 17.0. The van der Waals surface area contributed by atoms with E-state index in [2.05, 4.69) is 18.8 Å². The predicted molar refractivity (Wildman–Crippen MR) is 113 cm³/mol. The third kappa shape index (κ3) is 4.74. The number of amides is 1. The number of hydrogen-bond donors (Lipinski definition) is 2. The van der Waals surface area contributed by atoms with Gasteiger partial charge in [-0.2, -0.15) is 0 Å². The lowest BCUT2D eigenvalue weighted by Crippen LogP contribution is -2.43. The van der Waals surface area contributed by atoms with E-state index in [-0.39, 0.29) is 0 Å². The lowest BCUT2D eigenvalue weighted by atomic mass is 9.93. The number of halogens is 1. The van der Waals surface area contributed by atoms with E-state index in [0.717, 1.165) is 28.0 Å². The van der Waals surface area contributed by atoms with Crippen LogP contribution in [0.15, 0.2) is 24.4 Å². The van der Waals surface area contributed by atoms with Gasteiger partial charge in [-0.05, 0) is 37.0 Å². The zero-order chi connectivity index (χ0) is 21.3. The van der Waals surface area contributed by atoms with Crippen LogP contribution in [0.5, 0.6) is 11.5 Å². The monoisotopic (exact) mass is 419 g/mol. The van der Waals surface area contributed by atoms with E-state index in [4.69, 9.17) is 26.8 Å². The van der Waals surface area contributed by atoms with Gasteiger partial charge in [0.1, 0.15) is 30.5 Å². The van der Waals surface area contributed by atoms with Crippen molar-refractivity contribution in [2.75, 3.05) is 18.6 Å². The van der Waals surface area contributed by atoms with Crippen molar-refractivity contribution in [2.45, 2.75) is 39.3 Å². The summed E-state index contributed by atoms with van der Waals surface area (Å²) in [6.07, 6.45) is 1.36. The molecule has 0 saturated carbocycles. The van der Waals surface area contributed by atoms with Gasteiger partial charge in [-0.25, -0.2) is 9.78 Å². The van der Waals surface area contributed by atoms with Gasteiger partial charge < -0.3 is 20.3 Å². The molecule has 3 N–H and O–H groups in total. The number of hydrogen-bond acceptors (Lipinski definition) is 5. The summed E-state index contributed by atoms with van der Waals surface area (Å²) in [5, 5.41) is 9.64. The Balaban J connectivity index is 1.90.